The maximum absolute atomic E-state index is 12.1. The Bertz CT molecular complexity index is 710. The molecule has 1 saturated heterocycles. The minimum absolute atomic E-state index is 0.0548. The van der Waals surface area contributed by atoms with Gasteiger partial charge in [-0.2, -0.15) is 4.72 Å². The Kier molecular flexibility index (Phi) is 3.79. The molecule has 2 rings (SSSR count). The zero-order valence-corrected chi connectivity index (χ0v) is 11.8. The largest absolute Gasteiger partial charge is 0.478 e. The molecule has 0 spiro atoms. The smallest absolute Gasteiger partial charge is 0.335 e. The number of carboxylic acids is 1. The van der Waals surface area contributed by atoms with E-state index in [4.69, 9.17) is 5.11 Å². The molecule has 112 valence electrons. The number of aromatic carboxylic acids is 1. The van der Waals surface area contributed by atoms with Crippen LogP contribution >= 0.6 is 0 Å². The van der Waals surface area contributed by atoms with Crippen LogP contribution in [0.1, 0.15) is 16.8 Å². The minimum Gasteiger partial charge on any atom is -0.478 e. The second-order valence-corrected chi connectivity index (χ2v) is 6.21. The van der Waals surface area contributed by atoms with E-state index in [0.717, 1.165) is 29.2 Å². The summed E-state index contributed by atoms with van der Waals surface area (Å²) in [7, 11) is -2.73. The molecule has 0 radical (unpaired) electrons. The third kappa shape index (κ3) is 2.93. The first-order valence-corrected chi connectivity index (χ1v) is 7.37. The molecular formula is C12H12N2O6S. The van der Waals surface area contributed by atoms with Crippen molar-refractivity contribution in [1.82, 2.24) is 9.62 Å². The summed E-state index contributed by atoms with van der Waals surface area (Å²) in [6.07, 6.45) is -0.234. The molecule has 0 saturated carbocycles. The number of carboxylic acid groups (broad SMARTS) is 1. The van der Waals surface area contributed by atoms with E-state index < -0.39 is 33.8 Å². The summed E-state index contributed by atoms with van der Waals surface area (Å²) in [6.45, 7) is 0. The van der Waals surface area contributed by atoms with Gasteiger partial charge in [0.1, 0.15) is 6.04 Å². The van der Waals surface area contributed by atoms with Crippen molar-refractivity contribution in [2.75, 3.05) is 7.05 Å². The van der Waals surface area contributed by atoms with E-state index in [1.807, 2.05) is 0 Å². The fraction of sp³-hybridized carbons (Fsp3) is 0.250. The van der Waals surface area contributed by atoms with Crippen molar-refractivity contribution in [3.8, 4) is 0 Å². The van der Waals surface area contributed by atoms with Gasteiger partial charge in [0.15, 0.2) is 0 Å². The van der Waals surface area contributed by atoms with Gasteiger partial charge in [0.25, 0.3) is 0 Å². The number of carbonyl (C=O) groups excluding carboxylic acids is 2. The Hall–Kier alpha value is -2.26. The number of amides is 2. The molecule has 0 aromatic heterocycles. The number of hydrogen-bond donors (Lipinski definition) is 2. The quantitative estimate of drug-likeness (QED) is 0.718. The van der Waals surface area contributed by atoms with Crippen molar-refractivity contribution < 1.29 is 27.9 Å². The van der Waals surface area contributed by atoms with Crippen molar-refractivity contribution in [2.24, 2.45) is 0 Å². The highest BCUT2D eigenvalue weighted by Crippen LogP contribution is 2.16. The van der Waals surface area contributed by atoms with Gasteiger partial charge in [0.2, 0.25) is 21.8 Å². The topological polar surface area (TPSA) is 121 Å². The molecule has 2 N–H and O–H groups in total. The molecule has 1 atom stereocenters. The number of nitrogens with zero attached hydrogens (tertiary/aromatic N) is 1. The molecular weight excluding hydrogens is 300 g/mol. The Morgan fingerprint density at radius 3 is 2.29 bits per heavy atom. The van der Waals surface area contributed by atoms with Crippen LogP contribution in [0.5, 0.6) is 0 Å². The van der Waals surface area contributed by atoms with Crippen LogP contribution in [0.2, 0.25) is 0 Å². The number of likely N-dealkylation sites (N-methyl/N-ethyl adjacent to an activating group) is 1. The lowest BCUT2D eigenvalue weighted by Gasteiger charge is -2.11. The number of sulfonamides is 1. The predicted molar refractivity (Wildman–Crippen MR) is 69.9 cm³/mol. The van der Waals surface area contributed by atoms with Crippen LogP contribution in [0.25, 0.3) is 0 Å². The average molecular weight is 312 g/mol. The molecule has 9 heteroatoms. The number of nitrogens with one attached hydrogen (secondary N) is 1. The third-order valence-corrected chi connectivity index (χ3v) is 4.58. The Balaban J connectivity index is 2.21. The van der Waals surface area contributed by atoms with E-state index >= 15 is 0 Å². The van der Waals surface area contributed by atoms with E-state index in [1.165, 1.54) is 7.05 Å². The van der Waals surface area contributed by atoms with Crippen LogP contribution in [0.15, 0.2) is 29.2 Å². The van der Waals surface area contributed by atoms with Crippen molar-refractivity contribution in [3.05, 3.63) is 29.8 Å². The van der Waals surface area contributed by atoms with E-state index in [0.29, 0.717) is 0 Å². The normalized spacial score (nSPS) is 19.1. The highest BCUT2D eigenvalue weighted by Gasteiger charge is 2.38. The maximum Gasteiger partial charge on any atom is 0.335 e. The fourth-order valence-electron chi connectivity index (χ4n) is 1.88. The first-order chi connectivity index (χ1) is 9.72. The van der Waals surface area contributed by atoms with Crippen LogP contribution in [0, 0.1) is 0 Å². The van der Waals surface area contributed by atoms with Crippen molar-refractivity contribution >= 4 is 27.8 Å². The van der Waals surface area contributed by atoms with Crippen LogP contribution in [0.4, 0.5) is 0 Å². The number of hydrogen-bond acceptors (Lipinski definition) is 5. The first-order valence-electron chi connectivity index (χ1n) is 5.88. The zero-order valence-electron chi connectivity index (χ0n) is 10.9. The van der Waals surface area contributed by atoms with Gasteiger partial charge in [0.05, 0.1) is 16.9 Å². The van der Waals surface area contributed by atoms with Gasteiger partial charge in [-0.1, -0.05) is 0 Å². The zero-order chi connectivity index (χ0) is 15.8. The van der Waals surface area contributed by atoms with Gasteiger partial charge in [0, 0.05) is 7.05 Å². The van der Waals surface area contributed by atoms with E-state index in [9.17, 15) is 22.8 Å². The lowest BCUT2D eigenvalue weighted by atomic mass is 10.2. The van der Waals surface area contributed by atoms with Crippen LogP contribution in [-0.4, -0.2) is 49.3 Å². The number of carbonyl (C=O) groups is 3. The highest BCUT2D eigenvalue weighted by molar-refractivity contribution is 7.89. The van der Waals surface area contributed by atoms with Crippen molar-refractivity contribution in [3.63, 3.8) is 0 Å². The lowest BCUT2D eigenvalue weighted by molar-refractivity contribution is -0.137. The Morgan fingerprint density at radius 2 is 1.86 bits per heavy atom. The summed E-state index contributed by atoms with van der Waals surface area (Å²) >= 11 is 0. The SMILES string of the molecule is CN1C(=O)CC(NS(=O)(=O)c2ccc(C(=O)O)cc2)C1=O. The summed E-state index contributed by atoms with van der Waals surface area (Å²) in [6, 6.07) is 3.40. The molecule has 1 heterocycles. The summed E-state index contributed by atoms with van der Waals surface area (Å²) in [4.78, 5) is 34.4. The van der Waals surface area contributed by atoms with Gasteiger partial charge in [-0.25, -0.2) is 13.2 Å². The van der Waals surface area contributed by atoms with E-state index in [1.54, 1.807) is 0 Å². The van der Waals surface area contributed by atoms with Gasteiger partial charge in [-0.15, -0.1) is 0 Å². The molecule has 8 nitrogen and oxygen atoms in total. The molecule has 0 aliphatic carbocycles. The molecule has 1 aliphatic heterocycles. The monoisotopic (exact) mass is 312 g/mol. The van der Waals surface area contributed by atoms with Crippen LogP contribution < -0.4 is 4.72 Å². The summed E-state index contributed by atoms with van der Waals surface area (Å²) in [5.74, 6) is -2.26. The molecule has 1 unspecified atom stereocenters. The second-order valence-electron chi connectivity index (χ2n) is 4.50. The van der Waals surface area contributed by atoms with Gasteiger partial charge < -0.3 is 5.11 Å². The maximum atomic E-state index is 12.1. The summed E-state index contributed by atoms with van der Waals surface area (Å²) in [5, 5.41) is 8.75. The molecule has 1 aliphatic rings. The fourth-order valence-corrected chi connectivity index (χ4v) is 3.07. The molecule has 1 aromatic carbocycles. The first kappa shape index (κ1) is 15.1. The van der Waals surface area contributed by atoms with Gasteiger partial charge >= 0.3 is 5.97 Å². The van der Waals surface area contributed by atoms with Gasteiger partial charge in [-0.05, 0) is 24.3 Å². The molecule has 21 heavy (non-hydrogen) atoms. The third-order valence-electron chi connectivity index (χ3n) is 3.09. The molecule has 2 amide bonds. The molecule has 0 bridgehead atoms. The standard InChI is InChI=1S/C12H12N2O6S/c1-14-10(15)6-9(11(14)16)13-21(19,20)8-4-2-7(3-5-8)12(17)18/h2-5,9,13H,6H2,1H3,(H,17,18). The Labute approximate surface area is 120 Å². The Morgan fingerprint density at radius 1 is 1.29 bits per heavy atom. The van der Waals surface area contributed by atoms with Crippen molar-refractivity contribution in [1.29, 1.82) is 0 Å². The highest BCUT2D eigenvalue weighted by atomic mass is 32.2. The van der Waals surface area contributed by atoms with E-state index in [2.05, 4.69) is 4.72 Å². The number of likely N-dealkylation sites (tertiary alicyclic amines) is 1. The van der Waals surface area contributed by atoms with E-state index in [-0.39, 0.29) is 16.9 Å². The summed E-state index contributed by atoms with van der Waals surface area (Å²) < 4.78 is 26.3. The molecule has 1 aromatic rings. The number of imide groups is 1. The van der Waals surface area contributed by atoms with Crippen LogP contribution in [-0.2, 0) is 19.6 Å². The predicted octanol–water partition coefficient (Wildman–Crippen LogP) is -0.580. The van der Waals surface area contributed by atoms with Crippen molar-refractivity contribution in [2.45, 2.75) is 17.4 Å². The lowest BCUT2D eigenvalue weighted by Crippen LogP contribution is -2.40. The van der Waals surface area contributed by atoms with Gasteiger partial charge in [-0.3, -0.25) is 14.5 Å². The number of benzene rings is 1. The molecule has 1 fully saturated rings. The van der Waals surface area contributed by atoms with Crippen LogP contribution in [0.3, 0.4) is 0 Å². The average Bonchev–Trinajstić information content (AvgIpc) is 2.66. The second kappa shape index (κ2) is 5.26. The summed E-state index contributed by atoms with van der Waals surface area (Å²) in [5.41, 5.74) is -0.0548. The number of rotatable bonds is 4. The minimum atomic E-state index is -4.01.